The third kappa shape index (κ3) is 2.94. The van der Waals surface area contributed by atoms with Crippen LogP contribution in [0.3, 0.4) is 0 Å². The molecule has 0 saturated heterocycles. The summed E-state index contributed by atoms with van der Waals surface area (Å²) in [5, 5.41) is 11.5. The average Bonchev–Trinajstić information content (AvgIpc) is 2.92. The van der Waals surface area contributed by atoms with Crippen LogP contribution >= 0.6 is 11.6 Å². The summed E-state index contributed by atoms with van der Waals surface area (Å²) < 4.78 is 18.3. The minimum Gasteiger partial charge on any atom is -0.467 e. The summed E-state index contributed by atoms with van der Waals surface area (Å²) in [5.74, 6) is -0.851. The van der Waals surface area contributed by atoms with Gasteiger partial charge in [0.15, 0.2) is 0 Å². The maximum Gasteiger partial charge on any atom is 0.253 e. The number of halogens is 2. The van der Waals surface area contributed by atoms with Crippen LogP contribution in [0.5, 0.6) is 0 Å². The highest BCUT2D eigenvalue weighted by molar-refractivity contribution is 6.34. The van der Waals surface area contributed by atoms with Crippen molar-refractivity contribution in [2.75, 3.05) is 6.61 Å². The molecular formula is C13H11ClFNO3. The smallest absolute Gasteiger partial charge is 0.253 e. The third-order valence-electron chi connectivity index (χ3n) is 2.57. The monoisotopic (exact) mass is 283 g/mol. The van der Waals surface area contributed by atoms with Gasteiger partial charge in [0.1, 0.15) is 17.6 Å². The number of carbonyl (C=O) groups is 1. The lowest BCUT2D eigenvalue weighted by molar-refractivity contribution is 0.0907. The van der Waals surface area contributed by atoms with Gasteiger partial charge in [-0.2, -0.15) is 0 Å². The van der Waals surface area contributed by atoms with Crippen molar-refractivity contribution in [3.63, 3.8) is 0 Å². The van der Waals surface area contributed by atoms with Crippen molar-refractivity contribution in [3.05, 3.63) is 58.8 Å². The molecule has 0 aliphatic carbocycles. The van der Waals surface area contributed by atoms with Gasteiger partial charge in [0.05, 0.1) is 23.5 Å². The number of benzene rings is 1. The lowest BCUT2D eigenvalue weighted by Crippen LogP contribution is -2.30. The van der Waals surface area contributed by atoms with Crippen molar-refractivity contribution in [1.82, 2.24) is 5.32 Å². The molecule has 0 aliphatic heterocycles. The average molecular weight is 284 g/mol. The van der Waals surface area contributed by atoms with Gasteiger partial charge in [0.25, 0.3) is 5.91 Å². The van der Waals surface area contributed by atoms with E-state index in [1.807, 2.05) is 0 Å². The van der Waals surface area contributed by atoms with Gasteiger partial charge in [0, 0.05) is 0 Å². The molecule has 0 radical (unpaired) electrons. The van der Waals surface area contributed by atoms with Crippen LogP contribution in [0.15, 0.2) is 41.0 Å². The first-order valence-electron chi connectivity index (χ1n) is 5.52. The third-order valence-corrected chi connectivity index (χ3v) is 2.95. The Labute approximate surface area is 113 Å². The molecule has 0 fully saturated rings. The van der Waals surface area contributed by atoms with E-state index in [1.54, 1.807) is 12.1 Å². The number of nitrogens with one attached hydrogen (secondary N) is 1. The summed E-state index contributed by atoms with van der Waals surface area (Å²) in [6, 6.07) is 6.50. The number of amides is 1. The van der Waals surface area contributed by atoms with Crippen LogP contribution in [0.2, 0.25) is 5.02 Å². The Kier molecular flexibility index (Phi) is 4.19. The van der Waals surface area contributed by atoms with Crippen LogP contribution in [0.4, 0.5) is 4.39 Å². The van der Waals surface area contributed by atoms with Gasteiger partial charge in [-0.25, -0.2) is 4.39 Å². The minimum atomic E-state index is -0.707. The van der Waals surface area contributed by atoms with Crippen LogP contribution < -0.4 is 5.32 Å². The zero-order valence-corrected chi connectivity index (χ0v) is 10.5. The molecule has 2 rings (SSSR count). The quantitative estimate of drug-likeness (QED) is 0.906. The van der Waals surface area contributed by atoms with E-state index in [9.17, 15) is 14.3 Å². The van der Waals surface area contributed by atoms with Gasteiger partial charge in [-0.15, -0.1) is 0 Å². The maximum absolute atomic E-state index is 13.3. The normalized spacial score (nSPS) is 12.2. The Morgan fingerprint density at radius 3 is 2.84 bits per heavy atom. The molecule has 2 aromatic rings. The molecule has 1 heterocycles. The first kappa shape index (κ1) is 13.6. The minimum absolute atomic E-state index is 0.00618. The summed E-state index contributed by atoms with van der Waals surface area (Å²) >= 11 is 5.72. The molecule has 100 valence electrons. The van der Waals surface area contributed by atoms with E-state index in [0.717, 1.165) is 6.07 Å². The van der Waals surface area contributed by atoms with Gasteiger partial charge < -0.3 is 14.8 Å². The molecule has 4 nitrogen and oxygen atoms in total. The first-order valence-corrected chi connectivity index (χ1v) is 5.90. The van der Waals surface area contributed by atoms with Crippen molar-refractivity contribution in [2.45, 2.75) is 6.04 Å². The molecule has 6 heteroatoms. The topological polar surface area (TPSA) is 62.5 Å². The van der Waals surface area contributed by atoms with Crippen molar-refractivity contribution < 1.29 is 18.7 Å². The first-order chi connectivity index (χ1) is 9.13. The van der Waals surface area contributed by atoms with E-state index in [1.165, 1.54) is 18.4 Å². The van der Waals surface area contributed by atoms with Crippen molar-refractivity contribution in [2.24, 2.45) is 0 Å². The predicted octanol–water partition coefficient (Wildman–Crippen LogP) is 2.54. The number of furan rings is 1. The number of aliphatic hydroxyl groups excluding tert-OH is 1. The molecule has 1 aromatic carbocycles. The highest BCUT2D eigenvalue weighted by Crippen LogP contribution is 2.21. The second-order valence-electron chi connectivity index (χ2n) is 3.83. The van der Waals surface area contributed by atoms with Crippen molar-refractivity contribution >= 4 is 17.5 Å². The molecular weight excluding hydrogens is 273 g/mol. The zero-order chi connectivity index (χ0) is 13.8. The molecule has 2 N–H and O–H groups in total. The fourth-order valence-corrected chi connectivity index (χ4v) is 1.82. The summed E-state index contributed by atoms with van der Waals surface area (Å²) in [7, 11) is 0. The molecule has 1 unspecified atom stereocenters. The highest BCUT2D eigenvalue weighted by Gasteiger charge is 2.19. The Bertz CT molecular complexity index is 571. The molecule has 0 bridgehead atoms. The Morgan fingerprint density at radius 2 is 2.21 bits per heavy atom. The number of rotatable bonds is 4. The largest absolute Gasteiger partial charge is 0.467 e. The number of hydrogen-bond acceptors (Lipinski definition) is 3. The van der Waals surface area contributed by atoms with Crippen LogP contribution in [-0.4, -0.2) is 17.6 Å². The van der Waals surface area contributed by atoms with E-state index >= 15 is 0 Å². The second-order valence-corrected chi connectivity index (χ2v) is 4.20. The highest BCUT2D eigenvalue weighted by atomic mass is 35.5. The summed E-state index contributed by atoms with van der Waals surface area (Å²) in [6.45, 7) is -0.341. The molecule has 0 saturated carbocycles. The van der Waals surface area contributed by atoms with Crippen LogP contribution in [0.1, 0.15) is 22.2 Å². The van der Waals surface area contributed by atoms with E-state index in [2.05, 4.69) is 5.32 Å². The number of aliphatic hydroxyl groups is 1. The van der Waals surface area contributed by atoms with Gasteiger partial charge in [-0.1, -0.05) is 17.7 Å². The predicted molar refractivity (Wildman–Crippen MR) is 67.4 cm³/mol. The molecule has 0 aliphatic rings. The number of carbonyl (C=O) groups excluding carboxylic acids is 1. The van der Waals surface area contributed by atoms with E-state index in [4.69, 9.17) is 16.0 Å². The SMILES string of the molecule is O=C(NC(CO)c1ccco1)c1cccc(F)c1Cl. The molecule has 0 spiro atoms. The summed E-state index contributed by atoms with van der Waals surface area (Å²) in [4.78, 5) is 12.0. The fourth-order valence-electron chi connectivity index (χ4n) is 1.61. The fraction of sp³-hybridized carbons (Fsp3) is 0.154. The second kappa shape index (κ2) is 5.86. The molecule has 19 heavy (non-hydrogen) atoms. The summed E-state index contributed by atoms with van der Waals surface area (Å²) in [6.07, 6.45) is 1.43. The van der Waals surface area contributed by atoms with Crippen molar-refractivity contribution in [3.8, 4) is 0 Å². The van der Waals surface area contributed by atoms with E-state index in [-0.39, 0.29) is 17.2 Å². The van der Waals surface area contributed by atoms with Crippen LogP contribution in [0.25, 0.3) is 0 Å². The lowest BCUT2D eigenvalue weighted by Gasteiger charge is -2.14. The van der Waals surface area contributed by atoms with E-state index < -0.39 is 17.8 Å². The van der Waals surface area contributed by atoms with Gasteiger partial charge in [-0.05, 0) is 24.3 Å². The van der Waals surface area contributed by atoms with E-state index in [0.29, 0.717) is 5.76 Å². The number of hydrogen-bond donors (Lipinski definition) is 2. The Hall–Kier alpha value is -1.85. The van der Waals surface area contributed by atoms with Gasteiger partial charge in [0.2, 0.25) is 0 Å². The van der Waals surface area contributed by atoms with Crippen molar-refractivity contribution in [1.29, 1.82) is 0 Å². The Morgan fingerprint density at radius 1 is 1.42 bits per heavy atom. The molecule has 1 amide bonds. The summed E-state index contributed by atoms with van der Waals surface area (Å²) in [5.41, 5.74) is 0.00618. The van der Waals surface area contributed by atoms with Crippen LogP contribution in [0, 0.1) is 5.82 Å². The molecule has 1 atom stereocenters. The maximum atomic E-state index is 13.3. The lowest BCUT2D eigenvalue weighted by atomic mass is 10.1. The Balaban J connectivity index is 2.18. The van der Waals surface area contributed by atoms with Gasteiger partial charge in [-0.3, -0.25) is 4.79 Å². The van der Waals surface area contributed by atoms with Gasteiger partial charge >= 0.3 is 0 Å². The van der Waals surface area contributed by atoms with Crippen LogP contribution in [-0.2, 0) is 0 Å². The zero-order valence-electron chi connectivity index (χ0n) is 9.77. The standard InChI is InChI=1S/C13H11ClFNO3/c14-12-8(3-1-4-9(12)15)13(18)16-10(7-17)11-5-2-6-19-11/h1-6,10,17H,7H2,(H,16,18). The molecule has 1 aromatic heterocycles.